The summed E-state index contributed by atoms with van der Waals surface area (Å²) in [5, 5.41) is 0. The predicted octanol–water partition coefficient (Wildman–Crippen LogP) is 23.9. The largest absolute Gasteiger partial charge is 0.462 e. The van der Waals surface area contributed by atoms with E-state index in [0.29, 0.717) is 19.3 Å². The fourth-order valence-electron chi connectivity index (χ4n) is 10.4. The van der Waals surface area contributed by atoms with Crippen LogP contribution in [0, 0.1) is 0 Å². The Bertz CT molecular complexity index is 1410. The minimum Gasteiger partial charge on any atom is -0.462 e. The van der Waals surface area contributed by atoms with E-state index in [-0.39, 0.29) is 31.1 Å². The van der Waals surface area contributed by atoms with Crippen LogP contribution in [0.4, 0.5) is 0 Å². The molecule has 0 N–H and O–H groups in total. The highest BCUT2D eigenvalue weighted by atomic mass is 16.6. The molecule has 0 amide bonds. The maximum absolute atomic E-state index is 12.9. The van der Waals surface area contributed by atoms with Crippen molar-refractivity contribution in [2.24, 2.45) is 0 Å². The standard InChI is InChI=1S/C73H132O6/c1-4-7-10-13-16-18-20-22-24-26-28-30-32-33-34-35-36-37-38-39-40-42-43-45-47-49-51-53-55-57-60-63-66-72(75)78-69-70(68-77-71(74)65-62-59-15-12-9-6-3)79-73(76)67-64-61-58-56-54-52-50-48-46-44-41-31-29-27-25-23-21-19-17-14-11-8-5-2/h8,11,17,19,23,25,29,31,44,46,70H,4-7,9-10,12-16,18,20-22,24,26-28,30,32-43,45,47-69H2,1-3H3/b11-8-,19-17-,25-23-,31-29-,46-44-. The van der Waals surface area contributed by atoms with Crippen LogP contribution in [0.25, 0.3) is 0 Å². The molecule has 0 radical (unpaired) electrons. The molecule has 6 heteroatoms. The summed E-state index contributed by atoms with van der Waals surface area (Å²) in [5.74, 6) is -0.878. The third-order valence-corrected chi connectivity index (χ3v) is 15.5. The molecule has 0 saturated heterocycles. The number of carbonyl (C=O) groups excluding carboxylic acids is 3. The highest BCUT2D eigenvalue weighted by molar-refractivity contribution is 5.71. The minimum atomic E-state index is -0.777. The molecular formula is C73H132O6. The summed E-state index contributed by atoms with van der Waals surface area (Å²) in [4.78, 5) is 38.1. The zero-order valence-corrected chi connectivity index (χ0v) is 52.9. The van der Waals surface area contributed by atoms with Crippen LogP contribution in [-0.4, -0.2) is 37.2 Å². The van der Waals surface area contributed by atoms with E-state index in [1.165, 1.54) is 231 Å². The molecule has 0 rings (SSSR count). The average molecular weight is 1110 g/mol. The normalized spacial score (nSPS) is 12.4. The topological polar surface area (TPSA) is 78.9 Å². The van der Waals surface area contributed by atoms with Crippen molar-refractivity contribution in [3.63, 3.8) is 0 Å². The number of rotatable bonds is 64. The van der Waals surface area contributed by atoms with Crippen molar-refractivity contribution in [1.82, 2.24) is 0 Å². The van der Waals surface area contributed by atoms with Gasteiger partial charge in [-0.15, -0.1) is 0 Å². The van der Waals surface area contributed by atoms with Crippen molar-refractivity contribution >= 4 is 17.9 Å². The first kappa shape index (κ1) is 76.1. The Morgan fingerprint density at radius 3 is 0.772 bits per heavy atom. The first-order valence-electron chi connectivity index (χ1n) is 34.8. The van der Waals surface area contributed by atoms with Gasteiger partial charge < -0.3 is 14.2 Å². The summed E-state index contributed by atoms with van der Waals surface area (Å²) >= 11 is 0. The zero-order chi connectivity index (χ0) is 57.1. The monoisotopic (exact) mass is 1110 g/mol. The molecule has 0 bridgehead atoms. The third kappa shape index (κ3) is 65.8. The third-order valence-electron chi connectivity index (χ3n) is 15.5. The average Bonchev–Trinajstić information content (AvgIpc) is 3.45. The number of carbonyl (C=O) groups is 3. The first-order valence-corrected chi connectivity index (χ1v) is 34.8. The van der Waals surface area contributed by atoms with E-state index in [9.17, 15) is 14.4 Å². The molecule has 0 aromatic rings. The number of ether oxygens (including phenoxy) is 3. The summed E-state index contributed by atoms with van der Waals surface area (Å²) in [7, 11) is 0. The second-order valence-corrected chi connectivity index (χ2v) is 23.4. The summed E-state index contributed by atoms with van der Waals surface area (Å²) in [6, 6.07) is 0. The van der Waals surface area contributed by atoms with Gasteiger partial charge in [-0.05, 0) is 64.2 Å². The second-order valence-electron chi connectivity index (χ2n) is 23.4. The van der Waals surface area contributed by atoms with Gasteiger partial charge in [-0.1, -0.05) is 345 Å². The van der Waals surface area contributed by atoms with Crippen molar-refractivity contribution in [3.8, 4) is 0 Å². The van der Waals surface area contributed by atoms with Gasteiger partial charge in [-0.25, -0.2) is 0 Å². The molecule has 0 saturated carbocycles. The Labute approximate surface area is 491 Å². The van der Waals surface area contributed by atoms with Gasteiger partial charge in [0.2, 0.25) is 0 Å². The summed E-state index contributed by atoms with van der Waals surface area (Å²) in [6.45, 7) is 6.51. The fraction of sp³-hybridized carbons (Fsp3) is 0.822. The summed E-state index contributed by atoms with van der Waals surface area (Å²) < 4.78 is 16.8. The molecule has 0 aliphatic carbocycles. The van der Waals surface area contributed by atoms with E-state index in [2.05, 4.69) is 81.5 Å². The van der Waals surface area contributed by atoms with Crippen molar-refractivity contribution in [2.75, 3.05) is 13.2 Å². The van der Waals surface area contributed by atoms with Gasteiger partial charge in [0.15, 0.2) is 6.10 Å². The molecule has 0 aromatic heterocycles. The molecule has 0 aliphatic heterocycles. The Kier molecular flexibility index (Phi) is 65.1. The maximum Gasteiger partial charge on any atom is 0.306 e. The van der Waals surface area contributed by atoms with Gasteiger partial charge in [-0.2, -0.15) is 0 Å². The molecule has 6 nitrogen and oxygen atoms in total. The Morgan fingerprint density at radius 2 is 0.494 bits per heavy atom. The fourth-order valence-corrected chi connectivity index (χ4v) is 10.4. The summed E-state index contributed by atoms with van der Waals surface area (Å²) in [5.41, 5.74) is 0. The van der Waals surface area contributed by atoms with E-state index in [0.717, 1.165) is 96.3 Å². The molecule has 79 heavy (non-hydrogen) atoms. The zero-order valence-electron chi connectivity index (χ0n) is 52.9. The van der Waals surface area contributed by atoms with Crippen LogP contribution < -0.4 is 0 Å². The van der Waals surface area contributed by atoms with E-state index < -0.39 is 6.10 Å². The molecule has 0 aromatic carbocycles. The Morgan fingerprint density at radius 1 is 0.266 bits per heavy atom. The van der Waals surface area contributed by atoms with Gasteiger partial charge in [0.05, 0.1) is 0 Å². The molecule has 1 unspecified atom stereocenters. The van der Waals surface area contributed by atoms with Crippen LogP contribution in [-0.2, 0) is 28.6 Å². The number of esters is 3. The van der Waals surface area contributed by atoms with Crippen molar-refractivity contribution in [3.05, 3.63) is 60.8 Å². The lowest BCUT2D eigenvalue weighted by Crippen LogP contribution is -2.30. The number of hydrogen-bond acceptors (Lipinski definition) is 6. The van der Waals surface area contributed by atoms with Crippen molar-refractivity contribution < 1.29 is 28.6 Å². The molecule has 0 spiro atoms. The second kappa shape index (κ2) is 67.6. The Hall–Kier alpha value is -2.89. The van der Waals surface area contributed by atoms with Crippen LogP contribution in [0.5, 0.6) is 0 Å². The van der Waals surface area contributed by atoms with Crippen LogP contribution in [0.1, 0.15) is 367 Å². The predicted molar refractivity (Wildman–Crippen MR) is 344 cm³/mol. The Balaban J connectivity index is 3.98. The quantitative estimate of drug-likeness (QED) is 0.0261. The number of unbranched alkanes of at least 4 members (excludes halogenated alkanes) is 43. The molecule has 460 valence electrons. The summed E-state index contributed by atoms with van der Waals surface area (Å²) in [6.07, 6.45) is 87.3. The number of allylic oxidation sites excluding steroid dienone is 10. The molecule has 0 heterocycles. The van der Waals surface area contributed by atoms with Crippen LogP contribution in [0.15, 0.2) is 60.8 Å². The lowest BCUT2D eigenvalue weighted by molar-refractivity contribution is -0.167. The SMILES string of the molecule is CC/C=C\C/C=C\C/C=C\C/C=C\C/C=C\CCCCCCCCCC(=O)OC(COC(=O)CCCCCCCC)COC(=O)CCCCCCCCCCCCCCCCCCCCCCCCCCCCCCCCCC. The van der Waals surface area contributed by atoms with Crippen molar-refractivity contribution in [1.29, 1.82) is 0 Å². The highest BCUT2D eigenvalue weighted by Crippen LogP contribution is 2.18. The van der Waals surface area contributed by atoms with E-state index >= 15 is 0 Å². The molecule has 0 aliphatic rings. The lowest BCUT2D eigenvalue weighted by Gasteiger charge is -2.18. The first-order chi connectivity index (χ1) is 39.0. The van der Waals surface area contributed by atoms with E-state index in [1.807, 2.05) is 0 Å². The minimum absolute atomic E-state index is 0.0753. The van der Waals surface area contributed by atoms with E-state index in [4.69, 9.17) is 14.2 Å². The van der Waals surface area contributed by atoms with Gasteiger partial charge in [-0.3, -0.25) is 14.4 Å². The smallest absolute Gasteiger partial charge is 0.306 e. The van der Waals surface area contributed by atoms with E-state index in [1.54, 1.807) is 0 Å². The van der Waals surface area contributed by atoms with Gasteiger partial charge in [0.25, 0.3) is 0 Å². The molecule has 1 atom stereocenters. The lowest BCUT2D eigenvalue weighted by atomic mass is 10.0. The number of hydrogen-bond donors (Lipinski definition) is 0. The van der Waals surface area contributed by atoms with Crippen LogP contribution in [0.2, 0.25) is 0 Å². The highest BCUT2D eigenvalue weighted by Gasteiger charge is 2.19. The van der Waals surface area contributed by atoms with Gasteiger partial charge >= 0.3 is 17.9 Å². The van der Waals surface area contributed by atoms with Gasteiger partial charge in [0, 0.05) is 19.3 Å². The van der Waals surface area contributed by atoms with Gasteiger partial charge in [0.1, 0.15) is 13.2 Å². The molecular weight excluding hydrogens is 973 g/mol. The van der Waals surface area contributed by atoms with Crippen LogP contribution >= 0.6 is 0 Å². The molecule has 0 fully saturated rings. The van der Waals surface area contributed by atoms with Crippen LogP contribution in [0.3, 0.4) is 0 Å². The van der Waals surface area contributed by atoms with Crippen molar-refractivity contribution in [2.45, 2.75) is 374 Å². The maximum atomic E-state index is 12.9.